The van der Waals surface area contributed by atoms with E-state index in [1.807, 2.05) is 0 Å². The molecule has 2 aromatic rings. The maximum Gasteiger partial charge on any atom is 0.320 e. The summed E-state index contributed by atoms with van der Waals surface area (Å²) >= 11 is 0. The van der Waals surface area contributed by atoms with Crippen molar-refractivity contribution >= 4 is 11.8 Å². The maximum atomic E-state index is 13.0. The first-order chi connectivity index (χ1) is 10.0. The lowest BCUT2D eigenvalue weighted by Gasteiger charge is -2.12. The average Bonchev–Trinajstić information content (AvgIpc) is 2.47. The Morgan fingerprint density at radius 3 is 2.71 bits per heavy atom. The fraction of sp³-hybridized carbons (Fsp3) is 0.143. The molecule has 2 amide bonds. The zero-order valence-corrected chi connectivity index (χ0v) is 10.9. The zero-order chi connectivity index (χ0) is 15.2. The lowest BCUT2D eigenvalue weighted by molar-refractivity contribution is 0.174. The fourth-order valence-electron chi connectivity index (χ4n) is 1.63. The highest BCUT2D eigenvalue weighted by Gasteiger charge is 2.10. The predicted molar refractivity (Wildman–Crippen MR) is 72.6 cm³/mol. The monoisotopic (exact) mass is 293 g/mol. The van der Waals surface area contributed by atoms with Gasteiger partial charge in [0.05, 0.1) is 12.3 Å². The summed E-state index contributed by atoms with van der Waals surface area (Å²) in [5, 5.41) is 14.6. The Hall–Kier alpha value is -2.54. The molecular formula is C14H13F2N3O2. The molecule has 0 aliphatic rings. The van der Waals surface area contributed by atoms with Crippen LogP contribution < -0.4 is 10.6 Å². The van der Waals surface area contributed by atoms with E-state index in [0.29, 0.717) is 5.56 Å². The van der Waals surface area contributed by atoms with Gasteiger partial charge >= 0.3 is 6.03 Å². The molecule has 3 N–H and O–H groups in total. The van der Waals surface area contributed by atoms with Gasteiger partial charge in [-0.1, -0.05) is 12.1 Å². The molecule has 0 saturated carbocycles. The van der Waals surface area contributed by atoms with E-state index in [0.717, 1.165) is 12.3 Å². The molecule has 0 unspecified atom stereocenters. The van der Waals surface area contributed by atoms with Crippen LogP contribution >= 0.6 is 0 Å². The third-order valence-electron chi connectivity index (χ3n) is 2.66. The van der Waals surface area contributed by atoms with E-state index < -0.39 is 23.8 Å². The number of benzene rings is 1. The normalized spacial score (nSPS) is 11.8. The molecule has 21 heavy (non-hydrogen) atoms. The molecule has 0 radical (unpaired) electrons. The van der Waals surface area contributed by atoms with Crippen LogP contribution in [0.25, 0.3) is 0 Å². The van der Waals surface area contributed by atoms with Crippen LogP contribution in [-0.4, -0.2) is 22.7 Å². The summed E-state index contributed by atoms with van der Waals surface area (Å²) in [5.74, 6) is -0.803. The Morgan fingerprint density at radius 2 is 2.05 bits per heavy atom. The lowest BCUT2D eigenvalue weighted by atomic mass is 10.1. The van der Waals surface area contributed by atoms with E-state index >= 15 is 0 Å². The molecule has 110 valence electrons. The van der Waals surface area contributed by atoms with Gasteiger partial charge in [-0.3, -0.25) is 5.32 Å². The fourth-order valence-corrected chi connectivity index (χ4v) is 1.63. The number of aliphatic hydroxyl groups is 1. The third-order valence-corrected chi connectivity index (χ3v) is 2.66. The van der Waals surface area contributed by atoms with Crippen molar-refractivity contribution in [2.45, 2.75) is 6.10 Å². The number of urea groups is 1. The Labute approximate surface area is 119 Å². The van der Waals surface area contributed by atoms with Crippen LogP contribution in [0.3, 0.4) is 0 Å². The van der Waals surface area contributed by atoms with Crippen LogP contribution in [0, 0.1) is 11.6 Å². The third kappa shape index (κ3) is 4.50. The first-order valence-corrected chi connectivity index (χ1v) is 6.14. The van der Waals surface area contributed by atoms with Gasteiger partial charge in [0.15, 0.2) is 0 Å². The van der Waals surface area contributed by atoms with Crippen molar-refractivity contribution < 1.29 is 18.7 Å². The molecule has 0 bridgehead atoms. The quantitative estimate of drug-likeness (QED) is 0.809. The number of aliphatic hydroxyl groups excluding tert-OH is 1. The number of pyridine rings is 1. The van der Waals surface area contributed by atoms with E-state index in [1.54, 1.807) is 6.07 Å². The van der Waals surface area contributed by atoms with Gasteiger partial charge in [0, 0.05) is 6.54 Å². The van der Waals surface area contributed by atoms with Crippen LogP contribution in [0.1, 0.15) is 11.7 Å². The minimum atomic E-state index is -1.03. The molecule has 0 spiro atoms. The number of anilines is 1. The van der Waals surface area contributed by atoms with Gasteiger partial charge in [-0.05, 0) is 29.8 Å². The van der Waals surface area contributed by atoms with Crippen LogP contribution in [0.2, 0.25) is 0 Å². The lowest BCUT2D eigenvalue weighted by Crippen LogP contribution is -2.32. The van der Waals surface area contributed by atoms with Gasteiger partial charge in [-0.15, -0.1) is 0 Å². The van der Waals surface area contributed by atoms with Gasteiger partial charge in [0.2, 0.25) is 0 Å². The van der Waals surface area contributed by atoms with Gasteiger partial charge in [0.25, 0.3) is 0 Å². The number of carbonyl (C=O) groups is 1. The standard InChI is InChI=1S/C14H13F2N3O2/c15-10-3-1-2-9(6-10)12(20)8-18-14(21)19-13-5-4-11(16)7-17-13/h1-7,12,20H,8H2,(H2,17,18,19,21)/t12-/m0/s1. The maximum absolute atomic E-state index is 13.0. The predicted octanol–water partition coefficient (Wildman–Crippen LogP) is 2.21. The van der Waals surface area contributed by atoms with Crippen LogP contribution in [0.15, 0.2) is 42.6 Å². The Kier molecular flexibility index (Phi) is 4.78. The van der Waals surface area contributed by atoms with Gasteiger partial charge in [0.1, 0.15) is 17.5 Å². The second kappa shape index (κ2) is 6.76. The smallest absolute Gasteiger partial charge is 0.320 e. The van der Waals surface area contributed by atoms with E-state index in [1.165, 1.54) is 24.3 Å². The molecule has 2 rings (SSSR count). The highest BCUT2D eigenvalue weighted by atomic mass is 19.1. The van der Waals surface area contributed by atoms with E-state index in [-0.39, 0.29) is 12.4 Å². The van der Waals surface area contributed by atoms with Gasteiger partial charge in [-0.25, -0.2) is 18.6 Å². The molecule has 0 aliphatic carbocycles. The van der Waals surface area contributed by atoms with Crippen molar-refractivity contribution in [2.24, 2.45) is 0 Å². The summed E-state index contributed by atoms with van der Waals surface area (Å²) in [6.07, 6.45) is -0.0652. The molecule has 1 aromatic heterocycles. The van der Waals surface area contributed by atoms with Gasteiger partial charge < -0.3 is 10.4 Å². The Morgan fingerprint density at radius 1 is 1.24 bits per heavy atom. The SMILES string of the molecule is O=C(NC[C@H](O)c1cccc(F)c1)Nc1ccc(F)cn1. The molecule has 7 heteroatoms. The summed E-state index contributed by atoms with van der Waals surface area (Å²) in [6, 6.07) is 7.32. The van der Waals surface area contributed by atoms with E-state index in [9.17, 15) is 18.7 Å². The van der Waals surface area contributed by atoms with Crippen molar-refractivity contribution in [1.82, 2.24) is 10.3 Å². The Bertz CT molecular complexity index is 620. The number of rotatable bonds is 4. The van der Waals surface area contributed by atoms with Gasteiger partial charge in [-0.2, -0.15) is 0 Å². The number of halogens is 2. The van der Waals surface area contributed by atoms with Crippen molar-refractivity contribution in [1.29, 1.82) is 0 Å². The highest BCUT2D eigenvalue weighted by Crippen LogP contribution is 2.13. The largest absolute Gasteiger partial charge is 0.387 e. The molecule has 0 aliphatic heterocycles. The number of nitrogens with zero attached hydrogens (tertiary/aromatic N) is 1. The van der Waals surface area contributed by atoms with Crippen molar-refractivity contribution in [2.75, 3.05) is 11.9 Å². The topological polar surface area (TPSA) is 74.2 Å². The molecule has 5 nitrogen and oxygen atoms in total. The molecule has 0 fully saturated rings. The summed E-state index contributed by atoms with van der Waals surface area (Å²) in [7, 11) is 0. The number of hydrogen-bond donors (Lipinski definition) is 3. The number of hydrogen-bond acceptors (Lipinski definition) is 3. The number of amides is 2. The summed E-state index contributed by atoms with van der Waals surface area (Å²) < 4.78 is 25.6. The minimum Gasteiger partial charge on any atom is -0.387 e. The Balaban J connectivity index is 1.84. The van der Waals surface area contributed by atoms with E-state index in [2.05, 4.69) is 15.6 Å². The average molecular weight is 293 g/mol. The summed E-state index contributed by atoms with van der Waals surface area (Å²) in [4.78, 5) is 15.2. The van der Waals surface area contributed by atoms with Crippen LogP contribution in [0.4, 0.5) is 19.4 Å². The highest BCUT2D eigenvalue weighted by molar-refractivity contribution is 5.88. The molecule has 0 saturated heterocycles. The van der Waals surface area contributed by atoms with Crippen molar-refractivity contribution in [3.8, 4) is 0 Å². The number of nitrogens with one attached hydrogen (secondary N) is 2. The minimum absolute atomic E-state index is 0.101. The molecule has 1 aromatic carbocycles. The van der Waals surface area contributed by atoms with Crippen molar-refractivity contribution in [3.63, 3.8) is 0 Å². The first-order valence-electron chi connectivity index (χ1n) is 6.14. The summed E-state index contributed by atoms with van der Waals surface area (Å²) in [5.41, 5.74) is 0.357. The molecule has 1 heterocycles. The second-order valence-corrected chi connectivity index (χ2v) is 4.27. The zero-order valence-electron chi connectivity index (χ0n) is 10.9. The van der Waals surface area contributed by atoms with Crippen molar-refractivity contribution in [3.05, 3.63) is 59.8 Å². The second-order valence-electron chi connectivity index (χ2n) is 4.27. The summed E-state index contributed by atoms with van der Waals surface area (Å²) in [6.45, 7) is -0.101. The first kappa shape index (κ1) is 14.9. The number of aromatic nitrogens is 1. The number of carbonyl (C=O) groups excluding carboxylic acids is 1. The van der Waals surface area contributed by atoms with Crippen LogP contribution in [-0.2, 0) is 0 Å². The van der Waals surface area contributed by atoms with Crippen LogP contribution in [0.5, 0.6) is 0 Å². The molecular weight excluding hydrogens is 280 g/mol. The molecule has 1 atom stereocenters. The van der Waals surface area contributed by atoms with E-state index in [4.69, 9.17) is 0 Å².